The van der Waals surface area contributed by atoms with Gasteiger partial charge in [-0.3, -0.25) is 4.79 Å². The summed E-state index contributed by atoms with van der Waals surface area (Å²) in [6.07, 6.45) is 0. The molecule has 4 rings (SSSR count). The summed E-state index contributed by atoms with van der Waals surface area (Å²) in [5.41, 5.74) is 1.85. The Morgan fingerprint density at radius 2 is 2.04 bits per heavy atom. The first-order valence-electron chi connectivity index (χ1n) is 8.71. The van der Waals surface area contributed by atoms with Crippen molar-refractivity contribution in [2.45, 2.75) is 13.8 Å². The number of thiazole rings is 1. The van der Waals surface area contributed by atoms with Crippen molar-refractivity contribution in [2.24, 2.45) is 0 Å². The maximum Gasteiger partial charge on any atom is 0.256 e. The van der Waals surface area contributed by atoms with Crippen molar-refractivity contribution >= 4 is 33.3 Å². The van der Waals surface area contributed by atoms with Crippen LogP contribution < -0.4 is 10.1 Å². The smallest absolute Gasteiger partial charge is 0.256 e. The summed E-state index contributed by atoms with van der Waals surface area (Å²) in [5.74, 6) is 0.460. The molecule has 142 valence electrons. The second kappa shape index (κ2) is 7.40. The fourth-order valence-electron chi connectivity index (χ4n) is 2.80. The molecule has 0 saturated carbocycles. The molecule has 0 aliphatic heterocycles. The zero-order valence-corrected chi connectivity index (χ0v) is 16.1. The van der Waals surface area contributed by atoms with E-state index in [0.717, 1.165) is 15.9 Å². The molecule has 1 N–H and O–H groups in total. The van der Waals surface area contributed by atoms with Crippen molar-refractivity contribution in [3.8, 4) is 10.9 Å². The van der Waals surface area contributed by atoms with E-state index in [-0.39, 0.29) is 5.91 Å². The number of carbonyl (C=O) groups excluding carboxylic acids is 1. The summed E-state index contributed by atoms with van der Waals surface area (Å²) in [7, 11) is 0. The zero-order chi connectivity index (χ0) is 19.7. The van der Waals surface area contributed by atoms with Gasteiger partial charge in [-0.25, -0.2) is 9.37 Å². The number of aromatic nitrogens is 3. The number of carbonyl (C=O) groups is 1. The van der Waals surface area contributed by atoms with Crippen LogP contribution in [0.25, 0.3) is 15.3 Å². The minimum absolute atomic E-state index is 0.350. The lowest BCUT2D eigenvalue weighted by molar-refractivity contribution is 0.102. The van der Waals surface area contributed by atoms with E-state index in [2.05, 4.69) is 15.4 Å². The second-order valence-corrected chi connectivity index (χ2v) is 7.09. The van der Waals surface area contributed by atoms with Crippen LogP contribution in [0.5, 0.6) is 5.75 Å². The minimum atomic E-state index is -0.392. The van der Waals surface area contributed by atoms with Crippen molar-refractivity contribution < 1.29 is 13.9 Å². The van der Waals surface area contributed by atoms with Crippen LogP contribution in [-0.2, 0) is 0 Å². The summed E-state index contributed by atoms with van der Waals surface area (Å²) >= 11 is 1.45. The first kappa shape index (κ1) is 18.1. The molecule has 1 amide bonds. The van der Waals surface area contributed by atoms with Gasteiger partial charge in [0.25, 0.3) is 5.91 Å². The summed E-state index contributed by atoms with van der Waals surface area (Å²) in [6.45, 7) is 4.31. The monoisotopic (exact) mass is 396 g/mol. The van der Waals surface area contributed by atoms with E-state index in [1.807, 2.05) is 32.0 Å². The van der Waals surface area contributed by atoms with E-state index in [1.165, 1.54) is 35.6 Å². The van der Waals surface area contributed by atoms with Crippen molar-refractivity contribution in [1.82, 2.24) is 14.8 Å². The van der Waals surface area contributed by atoms with Gasteiger partial charge in [-0.15, -0.1) is 0 Å². The Hall–Kier alpha value is -3.26. The molecule has 6 nitrogen and oxygen atoms in total. The molecule has 0 saturated heterocycles. The van der Waals surface area contributed by atoms with E-state index in [4.69, 9.17) is 4.74 Å². The average Bonchev–Trinajstić information content (AvgIpc) is 3.26. The highest BCUT2D eigenvalue weighted by molar-refractivity contribution is 7.20. The molecular weight excluding hydrogens is 379 g/mol. The Morgan fingerprint density at radius 3 is 2.79 bits per heavy atom. The predicted octanol–water partition coefficient (Wildman–Crippen LogP) is 4.58. The molecule has 0 unspecified atom stereocenters. The number of nitrogens with zero attached hydrogens (tertiary/aromatic N) is 3. The molecule has 28 heavy (non-hydrogen) atoms. The third-order valence-corrected chi connectivity index (χ3v) is 5.03. The number of amides is 1. The van der Waals surface area contributed by atoms with Gasteiger partial charge in [0.2, 0.25) is 5.13 Å². The molecule has 2 heterocycles. The lowest BCUT2D eigenvalue weighted by Crippen LogP contribution is -2.15. The van der Waals surface area contributed by atoms with Crippen LogP contribution in [0.2, 0.25) is 0 Å². The third-order valence-electron chi connectivity index (χ3n) is 4.03. The van der Waals surface area contributed by atoms with E-state index in [0.29, 0.717) is 28.9 Å². The summed E-state index contributed by atoms with van der Waals surface area (Å²) < 4.78 is 21.3. The first-order valence-corrected chi connectivity index (χ1v) is 9.53. The largest absolute Gasteiger partial charge is 0.492 e. The van der Waals surface area contributed by atoms with Crippen LogP contribution in [0.1, 0.15) is 23.0 Å². The van der Waals surface area contributed by atoms with Crippen LogP contribution in [0.3, 0.4) is 0 Å². The Kier molecular flexibility index (Phi) is 4.79. The van der Waals surface area contributed by atoms with Gasteiger partial charge in [-0.1, -0.05) is 17.4 Å². The lowest BCUT2D eigenvalue weighted by atomic mass is 10.2. The Labute approximate surface area is 164 Å². The highest BCUT2D eigenvalue weighted by Crippen LogP contribution is 2.32. The van der Waals surface area contributed by atoms with Crippen LogP contribution in [0, 0.1) is 12.7 Å². The van der Waals surface area contributed by atoms with Crippen molar-refractivity contribution in [1.29, 1.82) is 0 Å². The quantitative estimate of drug-likeness (QED) is 0.536. The normalized spacial score (nSPS) is 11.0. The number of anilines is 1. The molecule has 0 fully saturated rings. The van der Waals surface area contributed by atoms with Crippen LogP contribution >= 0.6 is 11.3 Å². The van der Waals surface area contributed by atoms with E-state index < -0.39 is 5.82 Å². The number of para-hydroxylation sites is 1. The predicted molar refractivity (Wildman–Crippen MR) is 107 cm³/mol. The summed E-state index contributed by atoms with van der Waals surface area (Å²) in [6, 6.07) is 12.9. The summed E-state index contributed by atoms with van der Waals surface area (Å²) in [5, 5.41) is 7.90. The van der Waals surface area contributed by atoms with Crippen LogP contribution in [-0.4, -0.2) is 27.3 Å². The highest BCUT2D eigenvalue weighted by atomic mass is 32.1. The molecular formula is C20H17FN4O2S. The van der Waals surface area contributed by atoms with Crippen molar-refractivity contribution in [2.75, 3.05) is 11.9 Å². The van der Waals surface area contributed by atoms with E-state index in [1.54, 1.807) is 10.7 Å². The SMILES string of the molecule is CCOc1cccc2sc(-n3nc(C)cc3NC(=O)c3ccc(F)cc3)nc12. The van der Waals surface area contributed by atoms with E-state index in [9.17, 15) is 9.18 Å². The molecule has 2 aromatic heterocycles. The maximum absolute atomic E-state index is 13.1. The molecule has 0 aliphatic rings. The van der Waals surface area contributed by atoms with Crippen LogP contribution in [0.4, 0.5) is 10.2 Å². The molecule has 0 atom stereocenters. The lowest BCUT2D eigenvalue weighted by Gasteiger charge is -2.06. The number of rotatable bonds is 5. The van der Waals surface area contributed by atoms with Gasteiger partial charge in [-0.05, 0) is 50.2 Å². The van der Waals surface area contributed by atoms with Gasteiger partial charge in [-0.2, -0.15) is 9.78 Å². The Bertz CT molecular complexity index is 1150. The number of hydrogen-bond donors (Lipinski definition) is 1. The molecule has 4 aromatic rings. The van der Waals surface area contributed by atoms with E-state index >= 15 is 0 Å². The molecule has 0 radical (unpaired) electrons. The number of fused-ring (bicyclic) bond motifs is 1. The number of halogens is 1. The number of nitrogens with one attached hydrogen (secondary N) is 1. The molecule has 0 aliphatic carbocycles. The maximum atomic E-state index is 13.1. The fraction of sp³-hybridized carbons (Fsp3) is 0.150. The second-order valence-electron chi connectivity index (χ2n) is 6.08. The van der Waals surface area contributed by atoms with Gasteiger partial charge in [0.05, 0.1) is 17.0 Å². The van der Waals surface area contributed by atoms with Gasteiger partial charge in [0.1, 0.15) is 22.9 Å². The topological polar surface area (TPSA) is 69.0 Å². The average molecular weight is 396 g/mol. The zero-order valence-electron chi connectivity index (χ0n) is 15.3. The fourth-order valence-corrected chi connectivity index (χ4v) is 3.75. The molecule has 0 spiro atoms. The highest BCUT2D eigenvalue weighted by Gasteiger charge is 2.17. The number of benzene rings is 2. The first-order chi connectivity index (χ1) is 13.5. The standard InChI is InChI=1S/C20H17FN4O2S/c1-3-27-15-5-4-6-16-18(15)23-20(28-16)25-17(11-12(2)24-25)22-19(26)13-7-9-14(21)10-8-13/h4-11H,3H2,1-2H3,(H,22,26). The van der Waals surface area contributed by atoms with Gasteiger partial charge >= 0.3 is 0 Å². The van der Waals surface area contributed by atoms with Crippen molar-refractivity contribution in [3.05, 3.63) is 65.6 Å². The number of hydrogen-bond acceptors (Lipinski definition) is 5. The van der Waals surface area contributed by atoms with Gasteiger partial charge in [0, 0.05) is 11.6 Å². The molecule has 0 bridgehead atoms. The molecule has 2 aromatic carbocycles. The molecule has 8 heteroatoms. The Balaban J connectivity index is 1.70. The number of aryl methyl sites for hydroxylation is 1. The van der Waals surface area contributed by atoms with Gasteiger partial charge in [0.15, 0.2) is 0 Å². The third kappa shape index (κ3) is 3.46. The minimum Gasteiger partial charge on any atom is -0.492 e. The van der Waals surface area contributed by atoms with Crippen molar-refractivity contribution in [3.63, 3.8) is 0 Å². The summed E-state index contributed by atoms with van der Waals surface area (Å²) in [4.78, 5) is 17.2. The van der Waals surface area contributed by atoms with Crippen LogP contribution in [0.15, 0.2) is 48.5 Å². The Morgan fingerprint density at radius 1 is 1.25 bits per heavy atom. The van der Waals surface area contributed by atoms with Gasteiger partial charge < -0.3 is 10.1 Å². The number of ether oxygens (including phenoxy) is 1.